The maximum Gasteiger partial charge on any atom is 0.126 e. The number of rotatable bonds is 4. The zero-order chi connectivity index (χ0) is 12.3. The summed E-state index contributed by atoms with van der Waals surface area (Å²) in [5.41, 5.74) is 6.05. The quantitative estimate of drug-likeness (QED) is 0.836. The minimum absolute atomic E-state index is 0.216. The molecule has 2 N–H and O–H groups in total. The predicted molar refractivity (Wildman–Crippen MR) is 62.0 cm³/mol. The molecule has 0 fully saturated rings. The van der Waals surface area contributed by atoms with Crippen molar-refractivity contribution in [2.75, 3.05) is 0 Å². The molecular weight excluding hydrogens is 208 g/mol. The Balaban J connectivity index is 3.14. The van der Waals surface area contributed by atoms with Crippen LogP contribution in [0.2, 0.25) is 0 Å². The van der Waals surface area contributed by atoms with Crippen LogP contribution >= 0.6 is 0 Å². The average molecular weight is 227 g/mol. The second-order valence-corrected chi connectivity index (χ2v) is 4.45. The molecular formula is C13H19F2N. The standard InChI is InChI=1S/C13H19F2N/c1-4-9(5-2)13(3,16)10-6-11(14)8-12(15)7-10/h6-9H,4-5,16H2,1-3H3. The maximum atomic E-state index is 13.1. The molecule has 0 saturated carbocycles. The van der Waals surface area contributed by atoms with Crippen molar-refractivity contribution in [2.24, 2.45) is 11.7 Å². The molecule has 1 aromatic rings. The van der Waals surface area contributed by atoms with Gasteiger partial charge in [-0.05, 0) is 30.5 Å². The van der Waals surface area contributed by atoms with Crippen molar-refractivity contribution in [3.05, 3.63) is 35.4 Å². The highest BCUT2D eigenvalue weighted by Gasteiger charge is 2.30. The molecule has 1 nitrogen and oxygen atoms in total. The molecule has 0 radical (unpaired) electrons. The van der Waals surface area contributed by atoms with E-state index in [1.54, 1.807) is 0 Å². The molecule has 0 aromatic heterocycles. The molecule has 0 amide bonds. The number of hydrogen-bond acceptors (Lipinski definition) is 1. The zero-order valence-electron chi connectivity index (χ0n) is 10.1. The molecule has 90 valence electrons. The van der Waals surface area contributed by atoms with Crippen molar-refractivity contribution >= 4 is 0 Å². The second kappa shape index (κ2) is 4.91. The lowest BCUT2D eigenvalue weighted by molar-refractivity contribution is 0.280. The van der Waals surface area contributed by atoms with Crippen molar-refractivity contribution in [3.63, 3.8) is 0 Å². The van der Waals surface area contributed by atoms with Gasteiger partial charge in [0, 0.05) is 11.6 Å². The van der Waals surface area contributed by atoms with Gasteiger partial charge >= 0.3 is 0 Å². The maximum absolute atomic E-state index is 13.1. The van der Waals surface area contributed by atoms with E-state index in [1.807, 2.05) is 20.8 Å². The van der Waals surface area contributed by atoms with Crippen LogP contribution in [-0.2, 0) is 5.54 Å². The van der Waals surface area contributed by atoms with Crippen molar-refractivity contribution in [3.8, 4) is 0 Å². The SMILES string of the molecule is CCC(CC)C(C)(N)c1cc(F)cc(F)c1. The lowest BCUT2D eigenvalue weighted by Gasteiger charge is -2.33. The Morgan fingerprint density at radius 1 is 1.12 bits per heavy atom. The van der Waals surface area contributed by atoms with Gasteiger partial charge in [0.1, 0.15) is 11.6 Å². The first kappa shape index (κ1) is 13.1. The Hall–Kier alpha value is -0.960. The summed E-state index contributed by atoms with van der Waals surface area (Å²) in [6.07, 6.45) is 1.78. The van der Waals surface area contributed by atoms with Crippen LogP contribution in [0.1, 0.15) is 39.2 Å². The molecule has 0 aliphatic heterocycles. The summed E-state index contributed by atoms with van der Waals surface area (Å²) in [5.74, 6) is -0.927. The molecule has 0 aliphatic carbocycles. The molecule has 1 rings (SSSR count). The Bertz CT molecular complexity index is 337. The van der Waals surface area contributed by atoms with E-state index in [4.69, 9.17) is 5.73 Å². The summed E-state index contributed by atoms with van der Waals surface area (Å²) in [6, 6.07) is 3.51. The van der Waals surface area contributed by atoms with Gasteiger partial charge in [-0.25, -0.2) is 8.78 Å². The van der Waals surface area contributed by atoms with Gasteiger partial charge in [0.05, 0.1) is 0 Å². The molecule has 0 bridgehead atoms. The fourth-order valence-corrected chi connectivity index (χ4v) is 2.24. The number of hydrogen-bond donors (Lipinski definition) is 1. The lowest BCUT2D eigenvalue weighted by Crippen LogP contribution is -2.41. The molecule has 3 heteroatoms. The first-order valence-corrected chi connectivity index (χ1v) is 5.67. The summed E-state index contributed by atoms with van der Waals surface area (Å²) in [7, 11) is 0. The monoisotopic (exact) mass is 227 g/mol. The van der Waals surface area contributed by atoms with Gasteiger partial charge in [0.25, 0.3) is 0 Å². The fourth-order valence-electron chi connectivity index (χ4n) is 2.24. The Kier molecular flexibility index (Phi) is 4.03. The third-order valence-electron chi connectivity index (χ3n) is 3.32. The van der Waals surface area contributed by atoms with Gasteiger partial charge in [-0.15, -0.1) is 0 Å². The fraction of sp³-hybridized carbons (Fsp3) is 0.538. The van der Waals surface area contributed by atoms with E-state index >= 15 is 0 Å². The van der Waals surface area contributed by atoms with E-state index in [0.717, 1.165) is 18.9 Å². The van der Waals surface area contributed by atoms with Crippen molar-refractivity contribution in [1.29, 1.82) is 0 Å². The van der Waals surface area contributed by atoms with Crippen LogP contribution < -0.4 is 5.73 Å². The smallest absolute Gasteiger partial charge is 0.126 e. The number of nitrogens with two attached hydrogens (primary N) is 1. The van der Waals surface area contributed by atoms with Crippen LogP contribution in [-0.4, -0.2) is 0 Å². The summed E-state index contributed by atoms with van der Waals surface area (Å²) in [6.45, 7) is 5.91. The highest BCUT2D eigenvalue weighted by atomic mass is 19.1. The number of benzene rings is 1. The van der Waals surface area contributed by atoms with E-state index in [2.05, 4.69) is 0 Å². The first-order chi connectivity index (χ1) is 7.41. The van der Waals surface area contributed by atoms with E-state index in [1.165, 1.54) is 12.1 Å². The van der Waals surface area contributed by atoms with Gasteiger partial charge in [-0.1, -0.05) is 26.7 Å². The summed E-state index contributed by atoms with van der Waals surface area (Å²) in [4.78, 5) is 0. The highest BCUT2D eigenvalue weighted by Crippen LogP contribution is 2.32. The summed E-state index contributed by atoms with van der Waals surface area (Å²) in [5, 5.41) is 0. The third kappa shape index (κ3) is 2.59. The molecule has 0 saturated heterocycles. The van der Waals surface area contributed by atoms with Crippen LogP contribution in [0, 0.1) is 17.6 Å². The molecule has 0 aliphatic rings. The zero-order valence-corrected chi connectivity index (χ0v) is 10.1. The van der Waals surface area contributed by atoms with Gasteiger partial charge in [0.2, 0.25) is 0 Å². The minimum atomic E-state index is -0.688. The van der Waals surface area contributed by atoms with Crippen molar-refractivity contribution in [2.45, 2.75) is 39.2 Å². The highest BCUT2D eigenvalue weighted by molar-refractivity contribution is 5.26. The van der Waals surface area contributed by atoms with E-state index in [0.29, 0.717) is 5.56 Å². The third-order valence-corrected chi connectivity index (χ3v) is 3.32. The Morgan fingerprint density at radius 2 is 1.56 bits per heavy atom. The molecule has 0 spiro atoms. The van der Waals surface area contributed by atoms with Crippen LogP contribution in [0.4, 0.5) is 8.78 Å². The molecule has 0 heterocycles. The first-order valence-electron chi connectivity index (χ1n) is 5.67. The van der Waals surface area contributed by atoms with Crippen LogP contribution in [0.15, 0.2) is 18.2 Å². The largest absolute Gasteiger partial charge is 0.321 e. The van der Waals surface area contributed by atoms with E-state index in [9.17, 15) is 8.78 Å². The Labute approximate surface area is 95.7 Å². The van der Waals surface area contributed by atoms with Gasteiger partial charge in [0.15, 0.2) is 0 Å². The second-order valence-electron chi connectivity index (χ2n) is 4.45. The predicted octanol–water partition coefficient (Wildman–Crippen LogP) is 3.57. The van der Waals surface area contributed by atoms with Gasteiger partial charge < -0.3 is 5.73 Å². The topological polar surface area (TPSA) is 26.0 Å². The Morgan fingerprint density at radius 3 is 1.94 bits per heavy atom. The molecule has 1 aromatic carbocycles. The molecule has 1 atom stereocenters. The summed E-state index contributed by atoms with van der Waals surface area (Å²) >= 11 is 0. The lowest BCUT2D eigenvalue weighted by atomic mass is 9.77. The van der Waals surface area contributed by atoms with E-state index < -0.39 is 17.2 Å². The van der Waals surface area contributed by atoms with Crippen molar-refractivity contribution in [1.82, 2.24) is 0 Å². The van der Waals surface area contributed by atoms with Gasteiger partial charge in [-0.2, -0.15) is 0 Å². The summed E-state index contributed by atoms with van der Waals surface area (Å²) < 4.78 is 26.3. The van der Waals surface area contributed by atoms with Gasteiger partial charge in [-0.3, -0.25) is 0 Å². The van der Waals surface area contributed by atoms with Crippen molar-refractivity contribution < 1.29 is 8.78 Å². The van der Waals surface area contributed by atoms with Crippen LogP contribution in [0.25, 0.3) is 0 Å². The minimum Gasteiger partial charge on any atom is -0.321 e. The molecule has 1 unspecified atom stereocenters. The van der Waals surface area contributed by atoms with Crippen LogP contribution in [0.3, 0.4) is 0 Å². The average Bonchev–Trinajstić information content (AvgIpc) is 2.17. The normalized spacial score (nSPS) is 15.2. The number of halogens is 2. The van der Waals surface area contributed by atoms with Crippen LogP contribution in [0.5, 0.6) is 0 Å². The van der Waals surface area contributed by atoms with E-state index in [-0.39, 0.29) is 5.92 Å². The molecule has 16 heavy (non-hydrogen) atoms.